The molecule has 4 nitrogen and oxygen atoms in total. The predicted octanol–water partition coefficient (Wildman–Crippen LogP) is 1.44. The third-order valence-electron chi connectivity index (χ3n) is 1.98. The molecule has 0 saturated heterocycles. The Morgan fingerprint density at radius 2 is 2.47 bits per heavy atom. The Morgan fingerprint density at radius 1 is 1.73 bits per heavy atom. The van der Waals surface area contributed by atoms with Crippen molar-refractivity contribution in [1.29, 1.82) is 0 Å². The van der Waals surface area contributed by atoms with E-state index >= 15 is 0 Å². The molecule has 5 heteroatoms. The Labute approximate surface area is 93.1 Å². The van der Waals surface area contributed by atoms with E-state index in [9.17, 15) is 4.79 Å². The van der Waals surface area contributed by atoms with Crippen molar-refractivity contribution >= 4 is 17.3 Å². The summed E-state index contributed by atoms with van der Waals surface area (Å²) in [6.45, 7) is 2.11. The summed E-state index contributed by atoms with van der Waals surface area (Å²) in [4.78, 5) is 14.8. The maximum atomic E-state index is 10.4. The smallest absolute Gasteiger partial charge is 0.304 e. The molecule has 0 aromatic carbocycles. The van der Waals surface area contributed by atoms with Crippen molar-refractivity contribution in [3.05, 3.63) is 16.1 Å². The molecule has 1 heterocycles. The molecule has 84 valence electrons. The summed E-state index contributed by atoms with van der Waals surface area (Å²) in [6, 6.07) is -0.330. The second-order valence-electron chi connectivity index (χ2n) is 3.54. The minimum absolute atomic E-state index is 0.00267. The number of hydrogen-bond donors (Lipinski definition) is 2. The Hall–Kier alpha value is -0.940. The van der Waals surface area contributed by atoms with Crippen molar-refractivity contribution < 1.29 is 9.90 Å². The molecule has 0 aliphatic carbocycles. The lowest BCUT2D eigenvalue weighted by Gasteiger charge is -2.05. The van der Waals surface area contributed by atoms with Gasteiger partial charge >= 0.3 is 5.97 Å². The molecule has 0 radical (unpaired) electrons. The predicted molar refractivity (Wildman–Crippen MR) is 60.0 cm³/mol. The first-order valence-electron chi connectivity index (χ1n) is 5.02. The average Bonchev–Trinajstić information content (AvgIpc) is 2.51. The lowest BCUT2D eigenvalue weighted by Crippen LogP contribution is -2.26. The minimum atomic E-state index is -0.854. The van der Waals surface area contributed by atoms with Crippen molar-refractivity contribution in [3.8, 4) is 0 Å². The van der Waals surface area contributed by atoms with Crippen LogP contribution in [0.2, 0.25) is 0 Å². The van der Waals surface area contributed by atoms with Crippen molar-refractivity contribution in [2.24, 2.45) is 5.73 Å². The van der Waals surface area contributed by atoms with Gasteiger partial charge in [-0.3, -0.25) is 4.79 Å². The van der Waals surface area contributed by atoms with Crippen molar-refractivity contribution in [2.45, 2.75) is 38.6 Å². The molecule has 3 N–H and O–H groups in total. The highest BCUT2D eigenvalue weighted by atomic mass is 32.1. The van der Waals surface area contributed by atoms with Crippen LogP contribution < -0.4 is 5.73 Å². The number of carboxylic acid groups (broad SMARTS) is 1. The van der Waals surface area contributed by atoms with Crippen LogP contribution in [0.5, 0.6) is 0 Å². The molecule has 0 bridgehead atoms. The van der Waals surface area contributed by atoms with Crippen LogP contribution in [0.3, 0.4) is 0 Å². The number of thiazole rings is 1. The Morgan fingerprint density at radius 3 is 3.07 bits per heavy atom. The van der Waals surface area contributed by atoms with Crippen LogP contribution in [0.4, 0.5) is 0 Å². The Balaban J connectivity index is 2.45. The normalized spacial score (nSPS) is 12.7. The number of carbonyl (C=O) groups is 1. The lowest BCUT2D eigenvalue weighted by atomic mass is 10.1. The first kappa shape index (κ1) is 12.1. The lowest BCUT2D eigenvalue weighted by molar-refractivity contribution is -0.137. The quantitative estimate of drug-likeness (QED) is 0.772. The fourth-order valence-electron chi connectivity index (χ4n) is 1.33. The largest absolute Gasteiger partial charge is 0.481 e. The zero-order valence-electron chi connectivity index (χ0n) is 8.77. The maximum Gasteiger partial charge on any atom is 0.304 e. The molecule has 1 unspecified atom stereocenters. The first-order valence-corrected chi connectivity index (χ1v) is 5.90. The van der Waals surface area contributed by atoms with Gasteiger partial charge in [0.1, 0.15) is 0 Å². The molecule has 0 spiro atoms. The van der Waals surface area contributed by atoms with Crippen LogP contribution in [0.15, 0.2) is 5.38 Å². The van der Waals surface area contributed by atoms with Gasteiger partial charge < -0.3 is 10.8 Å². The molecule has 0 amide bonds. The molecule has 15 heavy (non-hydrogen) atoms. The van der Waals surface area contributed by atoms with Crippen LogP contribution >= 0.6 is 11.3 Å². The topological polar surface area (TPSA) is 76.2 Å². The molecule has 0 aliphatic rings. The Bertz CT molecular complexity index is 325. The van der Waals surface area contributed by atoms with Gasteiger partial charge in [-0.2, -0.15) is 0 Å². The van der Waals surface area contributed by atoms with Crippen molar-refractivity contribution in [3.63, 3.8) is 0 Å². The molecule has 1 atom stereocenters. The number of aliphatic carboxylic acids is 1. The summed E-state index contributed by atoms with van der Waals surface area (Å²) in [6.07, 6.45) is 2.61. The highest BCUT2D eigenvalue weighted by molar-refractivity contribution is 7.09. The highest BCUT2D eigenvalue weighted by Crippen LogP contribution is 2.13. The SMILES string of the molecule is CCCc1csc(CC(N)CC(=O)O)n1. The Kier molecular flexibility index (Phi) is 4.71. The fourth-order valence-corrected chi connectivity index (χ4v) is 2.26. The molecular weight excluding hydrogens is 212 g/mol. The zero-order valence-corrected chi connectivity index (χ0v) is 9.59. The first-order chi connectivity index (χ1) is 7.11. The number of nitrogens with two attached hydrogens (primary N) is 1. The van der Waals surface area contributed by atoms with Crippen LogP contribution in [0.1, 0.15) is 30.5 Å². The second kappa shape index (κ2) is 5.82. The van der Waals surface area contributed by atoms with E-state index in [1.165, 1.54) is 0 Å². The van der Waals surface area contributed by atoms with E-state index in [4.69, 9.17) is 10.8 Å². The van der Waals surface area contributed by atoms with E-state index in [1.54, 1.807) is 11.3 Å². The van der Waals surface area contributed by atoms with Crippen molar-refractivity contribution in [1.82, 2.24) is 4.98 Å². The molecule has 1 aromatic heterocycles. The third kappa shape index (κ3) is 4.40. The minimum Gasteiger partial charge on any atom is -0.481 e. The van der Waals surface area contributed by atoms with E-state index in [0.717, 1.165) is 23.5 Å². The van der Waals surface area contributed by atoms with Gasteiger partial charge in [-0.15, -0.1) is 11.3 Å². The van der Waals surface area contributed by atoms with Gasteiger partial charge in [-0.1, -0.05) is 13.3 Å². The number of nitrogens with zero attached hydrogens (tertiary/aromatic N) is 1. The van der Waals surface area contributed by atoms with Gasteiger partial charge in [0, 0.05) is 17.8 Å². The van der Waals surface area contributed by atoms with Gasteiger partial charge in [0.25, 0.3) is 0 Å². The van der Waals surface area contributed by atoms with Gasteiger partial charge in [0.05, 0.1) is 17.1 Å². The summed E-state index contributed by atoms with van der Waals surface area (Å²) in [5.41, 5.74) is 6.76. The summed E-state index contributed by atoms with van der Waals surface area (Å²) in [5, 5.41) is 11.5. The highest BCUT2D eigenvalue weighted by Gasteiger charge is 2.11. The summed E-state index contributed by atoms with van der Waals surface area (Å²) >= 11 is 1.56. The average molecular weight is 228 g/mol. The van der Waals surface area contributed by atoms with Gasteiger partial charge in [0.2, 0.25) is 0 Å². The third-order valence-corrected chi connectivity index (χ3v) is 2.90. The zero-order chi connectivity index (χ0) is 11.3. The molecular formula is C10H16N2O2S. The number of carboxylic acids is 1. The molecule has 1 rings (SSSR count). The summed E-state index contributed by atoms with van der Waals surface area (Å²) in [5.74, 6) is -0.854. The summed E-state index contributed by atoms with van der Waals surface area (Å²) < 4.78 is 0. The standard InChI is InChI=1S/C10H16N2O2S/c1-2-3-8-6-15-9(12-8)4-7(11)5-10(13)14/h6-7H,2-5,11H2,1H3,(H,13,14). The van der Waals surface area contributed by atoms with Gasteiger partial charge in [-0.05, 0) is 6.42 Å². The van der Waals surface area contributed by atoms with E-state index in [1.807, 2.05) is 5.38 Å². The number of hydrogen-bond acceptors (Lipinski definition) is 4. The van der Waals surface area contributed by atoms with E-state index in [2.05, 4.69) is 11.9 Å². The van der Waals surface area contributed by atoms with E-state index in [-0.39, 0.29) is 12.5 Å². The van der Waals surface area contributed by atoms with Crippen LogP contribution in [0.25, 0.3) is 0 Å². The number of aromatic nitrogens is 1. The fraction of sp³-hybridized carbons (Fsp3) is 0.600. The molecule has 0 saturated carbocycles. The molecule has 1 aromatic rings. The van der Waals surface area contributed by atoms with Gasteiger partial charge in [0.15, 0.2) is 0 Å². The van der Waals surface area contributed by atoms with E-state index in [0.29, 0.717) is 6.42 Å². The van der Waals surface area contributed by atoms with Crippen molar-refractivity contribution in [2.75, 3.05) is 0 Å². The van der Waals surface area contributed by atoms with E-state index < -0.39 is 5.97 Å². The van der Waals surface area contributed by atoms with Gasteiger partial charge in [-0.25, -0.2) is 4.98 Å². The number of rotatable bonds is 6. The summed E-state index contributed by atoms with van der Waals surface area (Å²) in [7, 11) is 0. The van der Waals surface area contributed by atoms with Crippen LogP contribution in [-0.4, -0.2) is 22.1 Å². The maximum absolute atomic E-state index is 10.4. The molecule has 0 fully saturated rings. The van der Waals surface area contributed by atoms with Crippen LogP contribution in [0, 0.1) is 0 Å². The second-order valence-corrected chi connectivity index (χ2v) is 4.49. The molecule has 0 aliphatic heterocycles. The monoisotopic (exact) mass is 228 g/mol. The van der Waals surface area contributed by atoms with Crippen LogP contribution in [-0.2, 0) is 17.6 Å². The number of aryl methyl sites for hydroxylation is 1.